The van der Waals surface area contributed by atoms with Gasteiger partial charge in [0.25, 0.3) is 0 Å². The molecular weight excluding hydrogens is 278 g/mol. The Labute approximate surface area is 130 Å². The number of hydrogen-bond acceptors (Lipinski definition) is 5. The van der Waals surface area contributed by atoms with Crippen LogP contribution in [0, 0.1) is 5.92 Å². The van der Waals surface area contributed by atoms with Crippen LogP contribution in [0.25, 0.3) is 11.1 Å². The molecule has 0 spiro atoms. The summed E-state index contributed by atoms with van der Waals surface area (Å²) in [7, 11) is 1.74. The number of nitrogens with zero attached hydrogens (tertiary/aromatic N) is 3. The first kappa shape index (κ1) is 14.9. The van der Waals surface area contributed by atoms with Gasteiger partial charge in [-0.2, -0.15) is 0 Å². The van der Waals surface area contributed by atoms with E-state index in [0.717, 1.165) is 48.8 Å². The third-order valence-corrected chi connectivity index (χ3v) is 4.05. The van der Waals surface area contributed by atoms with Crippen LogP contribution < -0.4 is 4.90 Å². The third kappa shape index (κ3) is 3.26. The molecule has 5 heteroatoms. The molecule has 1 aliphatic rings. The molecule has 1 aromatic carbocycles. The standard InChI is InChI=1S/C17H21N3O2/c1-22-12-14-5-6-20(10-14)17-18-8-16(9-19-17)15-4-2-3-13(7-15)11-21/h2-4,7-9,14,21H,5-6,10-12H2,1H3. The number of rotatable bonds is 5. The van der Waals surface area contributed by atoms with Crippen LogP contribution in [-0.4, -0.2) is 41.9 Å². The fraction of sp³-hybridized carbons (Fsp3) is 0.412. The summed E-state index contributed by atoms with van der Waals surface area (Å²) in [5.41, 5.74) is 2.88. The quantitative estimate of drug-likeness (QED) is 0.916. The Balaban J connectivity index is 1.73. The maximum Gasteiger partial charge on any atom is 0.225 e. The summed E-state index contributed by atoms with van der Waals surface area (Å²) in [6.07, 6.45) is 4.82. The molecule has 1 N–H and O–H groups in total. The molecule has 2 heterocycles. The van der Waals surface area contributed by atoms with Crippen molar-refractivity contribution in [1.82, 2.24) is 9.97 Å². The predicted molar refractivity (Wildman–Crippen MR) is 85.6 cm³/mol. The van der Waals surface area contributed by atoms with E-state index in [9.17, 15) is 5.11 Å². The van der Waals surface area contributed by atoms with Crippen molar-refractivity contribution in [3.05, 3.63) is 42.2 Å². The predicted octanol–water partition coefficient (Wildman–Crippen LogP) is 2.11. The molecule has 0 saturated carbocycles. The average Bonchev–Trinajstić information content (AvgIpc) is 3.04. The molecule has 1 unspecified atom stereocenters. The van der Waals surface area contributed by atoms with Gasteiger partial charge in [-0.05, 0) is 23.6 Å². The maximum absolute atomic E-state index is 9.22. The second-order valence-electron chi connectivity index (χ2n) is 5.69. The normalized spacial score (nSPS) is 17.9. The molecule has 116 valence electrons. The van der Waals surface area contributed by atoms with Gasteiger partial charge in [-0.15, -0.1) is 0 Å². The van der Waals surface area contributed by atoms with E-state index in [0.29, 0.717) is 5.92 Å². The summed E-state index contributed by atoms with van der Waals surface area (Å²) in [6.45, 7) is 2.77. The van der Waals surface area contributed by atoms with E-state index in [1.54, 1.807) is 7.11 Å². The lowest BCUT2D eigenvalue weighted by Crippen LogP contribution is -2.23. The Bertz CT molecular complexity index is 616. The topological polar surface area (TPSA) is 58.5 Å². The van der Waals surface area contributed by atoms with E-state index in [1.807, 2.05) is 36.7 Å². The number of aromatic nitrogens is 2. The third-order valence-electron chi connectivity index (χ3n) is 4.05. The number of aliphatic hydroxyl groups excluding tert-OH is 1. The molecule has 1 saturated heterocycles. The number of methoxy groups -OCH3 is 1. The Morgan fingerprint density at radius 1 is 1.27 bits per heavy atom. The zero-order chi connectivity index (χ0) is 15.4. The number of aliphatic hydroxyl groups is 1. The summed E-state index contributed by atoms with van der Waals surface area (Å²) in [6, 6.07) is 7.80. The van der Waals surface area contributed by atoms with Crippen LogP contribution in [-0.2, 0) is 11.3 Å². The van der Waals surface area contributed by atoms with Crippen LogP contribution in [0.1, 0.15) is 12.0 Å². The zero-order valence-electron chi connectivity index (χ0n) is 12.8. The molecule has 22 heavy (non-hydrogen) atoms. The Morgan fingerprint density at radius 2 is 2.09 bits per heavy atom. The van der Waals surface area contributed by atoms with Gasteiger partial charge in [0.2, 0.25) is 5.95 Å². The molecule has 1 fully saturated rings. The van der Waals surface area contributed by atoms with E-state index < -0.39 is 0 Å². The van der Waals surface area contributed by atoms with E-state index in [4.69, 9.17) is 4.74 Å². The monoisotopic (exact) mass is 299 g/mol. The number of benzene rings is 1. The lowest BCUT2D eigenvalue weighted by Gasteiger charge is -2.16. The minimum atomic E-state index is 0.0431. The molecule has 0 amide bonds. The molecule has 0 radical (unpaired) electrons. The van der Waals surface area contributed by atoms with Gasteiger partial charge in [0.05, 0.1) is 13.2 Å². The molecule has 0 aliphatic carbocycles. The first-order valence-electron chi connectivity index (χ1n) is 7.56. The van der Waals surface area contributed by atoms with E-state index in [2.05, 4.69) is 14.9 Å². The van der Waals surface area contributed by atoms with Crippen LogP contribution in [0.15, 0.2) is 36.7 Å². The highest BCUT2D eigenvalue weighted by atomic mass is 16.5. The van der Waals surface area contributed by atoms with Gasteiger partial charge in [0.1, 0.15) is 0 Å². The molecular formula is C17H21N3O2. The van der Waals surface area contributed by atoms with Crippen LogP contribution in [0.4, 0.5) is 5.95 Å². The van der Waals surface area contributed by atoms with Gasteiger partial charge in [-0.1, -0.05) is 18.2 Å². The largest absolute Gasteiger partial charge is 0.392 e. The fourth-order valence-electron chi connectivity index (χ4n) is 2.87. The fourth-order valence-corrected chi connectivity index (χ4v) is 2.87. The van der Waals surface area contributed by atoms with E-state index in [-0.39, 0.29) is 6.61 Å². The summed E-state index contributed by atoms with van der Waals surface area (Å²) in [5, 5.41) is 9.22. The Kier molecular flexibility index (Phi) is 4.65. The number of hydrogen-bond donors (Lipinski definition) is 1. The molecule has 1 atom stereocenters. The minimum absolute atomic E-state index is 0.0431. The highest BCUT2D eigenvalue weighted by molar-refractivity contribution is 5.62. The minimum Gasteiger partial charge on any atom is -0.392 e. The van der Waals surface area contributed by atoms with Crippen LogP contribution in [0.2, 0.25) is 0 Å². The molecule has 1 aliphatic heterocycles. The van der Waals surface area contributed by atoms with Crippen molar-refractivity contribution < 1.29 is 9.84 Å². The molecule has 3 rings (SSSR count). The lowest BCUT2D eigenvalue weighted by atomic mass is 10.1. The van der Waals surface area contributed by atoms with Crippen molar-refractivity contribution in [2.24, 2.45) is 5.92 Å². The Hall–Kier alpha value is -1.98. The SMILES string of the molecule is COCC1CCN(c2ncc(-c3cccc(CO)c3)cn2)C1. The first-order valence-corrected chi connectivity index (χ1v) is 7.56. The smallest absolute Gasteiger partial charge is 0.225 e. The van der Waals surface area contributed by atoms with E-state index >= 15 is 0 Å². The summed E-state index contributed by atoms with van der Waals surface area (Å²) in [4.78, 5) is 11.2. The van der Waals surface area contributed by atoms with Crippen LogP contribution >= 0.6 is 0 Å². The van der Waals surface area contributed by atoms with E-state index in [1.165, 1.54) is 0 Å². The van der Waals surface area contributed by atoms with Crippen molar-refractivity contribution in [3.63, 3.8) is 0 Å². The van der Waals surface area contributed by atoms with Gasteiger partial charge in [0, 0.05) is 44.1 Å². The van der Waals surface area contributed by atoms with Crippen molar-refractivity contribution in [2.45, 2.75) is 13.0 Å². The lowest BCUT2D eigenvalue weighted by molar-refractivity contribution is 0.161. The molecule has 0 bridgehead atoms. The van der Waals surface area contributed by atoms with Crippen molar-refractivity contribution in [1.29, 1.82) is 0 Å². The second-order valence-corrected chi connectivity index (χ2v) is 5.69. The van der Waals surface area contributed by atoms with Crippen LogP contribution in [0.5, 0.6) is 0 Å². The van der Waals surface area contributed by atoms with Crippen molar-refractivity contribution in [3.8, 4) is 11.1 Å². The summed E-state index contributed by atoms with van der Waals surface area (Å²) in [5.74, 6) is 1.34. The number of ether oxygens (including phenoxy) is 1. The van der Waals surface area contributed by atoms with Gasteiger partial charge in [-0.3, -0.25) is 0 Å². The molecule has 1 aromatic heterocycles. The zero-order valence-corrected chi connectivity index (χ0v) is 12.8. The second kappa shape index (κ2) is 6.85. The van der Waals surface area contributed by atoms with Gasteiger partial charge in [0.15, 0.2) is 0 Å². The summed E-state index contributed by atoms with van der Waals surface area (Å²) >= 11 is 0. The van der Waals surface area contributed by atoms with Crippen LogP contribution in [0.3, 0.4) is 0 Å². The number of anilines is 1. The van der Waals surface area contributed by atoms with Gasteiger partial charge >= 0.3 is 0 Å². The maximum atomic E-state index is 9.22. The first-order chi connectivity index (χ1) is 10.8. The average molecular weight is 299 g/mol. The van der Waals surface area contributed by atoms with Gasteiger partial charge in [-0.25, -0.2) is 9.97 Å². The van der Waals surface area contributed by atoms with Crippen molar-refractivity contribution in [2.75, 3.05) is 31.7 Å². The Morgan fingerprint density at radius 3 is 2.82 bits per heavy atom. The van der Waals surface area contributed by atoms with Gasteiger partial charge < -0.3 is 14.7 Å². The van der Waals surface area contributed by atoms with Crippen molar-refractivity contribution >= 4 is 5.95 Å². The highest BCUT2D eigenvalue weighted by Crippen LogP contribution is 2.23. The molecule has 2 aromatic rings. The molecule has 5 nitrogen and oxygen atoms in total. The highest BCUT2D eigenvalue weighted by Gasteiger charge is 2.24. The summed E-state index contributed by atoms with van der Waals surface area (Å²) < 4.78 is 5.22.